The Bertz CT molecular complexity index is 2590. The second-order valence-electron chi connectivity index (χ2n) is 23.0. The van der Waals surface area contributed by atoms with E-state index in [4.69, 9.17) is 18.9 Å². The van der Waals surface area contributed by atoms with Crippen molar-refractivity contribution in [3.63, 3.8) is 0 Å². The second kappa shape index (κ2) is 30.6. The predicted octanol–water partition coefficient (Wildman–Crippen LogP) is 2.36. The lowest BCUT2D eigenvalue weighted by atomic mass is 9.53. The van der Waals surface area contributed by atoms with E-state index in [-0.39, 0.29) is 102 Å². The van der Waals surface area contributed by atoms with Crippen LogP contribution in [-0.2, 0) is 72.8 Å². The molecule has 7 rings (SSSR count). The lowest BCUT2D eigenvalue weighted by Gasteiger charge is -2.52. The summed E-state index contributed by atoms with van der Waals surface area (Å²) in [5.74, 6) is -0.744. The summed E-state index contributed by atoms with van der Waals surface area (Å²) in [6.07, 6.45) is 14.5. The fourth-order valence-corrected chi connectivity index (χ4v) is 13.1. The molecule has 0 spiro atoms. The highest BCUT2D eigenvalue weighted by molar-refractivity contribution is 5.92. The van der Waals surface area contributed by atoms with Crippen molar-refractivity contribution in [1.29, 1.82) is 0 Å². The number of aryl methyl sites for hydroxylation is 3. The Morgan fingerprint density at radius 2 is 1.20 bits per heavy atom. The van der Waals surface area contributed by atoms with Gasteiger partial charge in [-0.25, -0.2) is 0 Å². The monoisotopic (exact) mass is 1150 g/mol. The quantitative estimate of drug-likeness (QED) is 0.0725. The number of carbonyl (C=O) groups is 6. The molecule has 3 saturated carbocycles. The van der Waals surface area contributed by atoms with E-state index in [1.54, 1.807) is 15.4 Å². The predicted molar refractivity (Wildman–Crippen MR) is 301 cm³/mol. The van der Waals surface area contributed by atoms with Crippen LogP contribution in [0.15, 0.2) is 30.6 Å². The van der Waals surface area contributed by atoms with Crippen molar-refractivity contribution in [2.45, 2.75) is 121 Å². The molecule has 1 aromatic carbocycles. The van der Waals surface area contributed by atoms with Crippen molar-refractivity contribution in [2.24, 2.45) is 17.3 Å². The van der Waals surface area contributed by atoms with E-state index in [1.807, 2.05) is 18.5 Å². The van der Waals surface area contributed by atoms with Crippen LogP contribution in [0.3, 0.4) is 0 Å². The number of aliphatic hydroxyl groups is 1. The van der Waals surface area contributed by atoms with Gasteiger partial charge in [0.25, 0.3) is 0 Å². The number of Topliss-reactive ketones (excluding diaryl/α,β-unsaturated/α-hetero) is 1. The van der Waals surface area contributed by atoms with Gasteiger partial charge in [-0.05, 0) is 119 Å². The summed E-state index contributed by atoms with van der Waals surface area (Å²) < 4.78 is 24.6. The molecule has 5 amide bonds. The smallest absolute Gasteiger partial charge is 0.242 e. The molecule has 3 fully saturated rings. The minimum absolute atomic E-state index is 0.0161. The topological polar surface area (TPSA) is 269 Å². The molecule has 82 heavy (non-hydrogen) atoms. The maximum Gasteiger partial charge on any atom is 0.242 e. The fraction of sp³-hybridized carbons (Fsp3) is 0.724. The van der Waals surface area contributed by atoms with Crippen LogP contribution in [0.25, 0.3) is 0 Å². The zero-order valence-corrected chi connectivity index (χ0v) is 49.3. The number of nitrogens with zero attached hydrogens (tertiary/aromatic N) is 11. The van der Waals surface area contributed by atoms with Crippen LogP contribution in [0.1, 0.15) is 119 Å². The lowest BCUT2D eigenvalue weighted by molar-refractivity contribution is -0.148. The molecule has 4 aliphatic rings. The highest BCUT2D eigenvalue weighted by Gasteiger charge is 2.63. The van der Waals surface area contributed by atoms with Gasteiger partial charge in [-0.1, -0.05) is 36.3 Å². The second-order valence-corrected chi connectivity index (χ2v) is 23.0. The van der Waals surface area contributed by atoms with Gasteiger partial charge >= 0.3 is 0 Å². The number of carbonyl (C=O) groups excluding carboxylic acids is 6. The number of fused-ring (bicyclic) bond motifs is 5. The number of ketones is 1. The van der Waals surface area contributed by atoms with Gasteiger partial charge in [-0.2, -0.15) is 0 Å². The van der Waals surface area contributed by atoms with E-state index in [9.17, 15) is 39.0 Å². The third-order valence-corrected chi connectivity index (χ3v) is 17.7. The molecule has 0 bridgehead atoms. The zero-order chi connectivity index (χ0) is 58.8. The number of phenols is 1. The number of amides is 5. The van der Waals surface area contributed by atoms with Crippen LogP contribution in [0.2, 0.25) is 0 Å². The van der Waals surface area contributed by atoms with Crippen molar-refractivity contribution < 1.29 is 57.9 Å². The molecular formula is C58H90N12O12. The van der Waals surface area contributed by atoms with Crippen molar-refractivity contribution in [1.82, 2.24) is 59.8 Å². The Hall–Kier alpha value is -5.92. The molecule has 3 aromatic rings. The molecule has 2 heterocycles. The molecule has 4 aliphatic carbocycles. The number of benzene rings is 1. The summed E-state index contributed by atoms with van der Waals surface area (Å²) in [6.45, 7) is 4.05. The Morgan fingerprint density at radius 3 is 1.78 bits per heavy atom. The molecule has 24 heteroatoms. The highest BCUT2D eigenvalue weighted by Crippen LogP contribution is 2.66. The first-order valence-electron chi connectivity index (χ1n) is 29.4. The van der Waals surface area contributed by atoms with E-state index in [1.165, 1.54) is 71.0 Å². The first kappa shape index (κ1) is 63.7. The third-order valence-electron chi connectivity index (χ3n) is 17.7. The molecule has 5 atom stereocenters. The number of hydrogen-bond donors (Lipinski definition) is 3. The van der Waals surface area contributed by atoms with Crippen molar-refractivity contribution in [3.05, 3.63) is 53.1 Å². The first-order valence-corrected chi connectivity index (χ1v) is 29.4. The number of nitrogens with one attached hydrogen (secondary N) is 1. The van der Waals surface area contributed by atoms with Gasteiger partial charge in [-0.15, -0.1) is 10.2 Å². The number of aromatic nitrogens is 6. The number of rotatable bonds is 34. The molecule has 0 saturated heterocycles. The van der Waals surface area contributed by atoms with Crippen LogP contribution in [0.5, 0.6) is 5.75 Å². The van der Waals surface area contributed by atoms with Gasteiger partial charge in [0.1, 0.15) is 22.8 Å². The average Bonchev–Trinajstić information content (AvgIpc) is 1.81. The average molecular weight is 1150 g/mol. The molecule has 3 N–H and O–H groups in total. The maximum absolute atomic E-state index is 14.5. The van der Waals surface area contributed by atoms with Gasteiger partial charge < -0.3 is 59.0 Å². The summed E-state index contributed by atoms with van der Waals surface area (Å²) in [4.78, 5) is 89.3. The summed E-state index contributed by atoms with van der Waals surface area (Å²) >= 11 is 0. The van der Waals surface area contributed by atoms with Gasteiger partial charge in [-0.3, -0.25) is 38.1 Å². The Kier molecular flexibility index (Phi) is 23.7. The van der Waals surface area contributed by atoms with Gasteiger partial charge in [0, 0.05) is 91.8 Å². The highest BCUT2D eigenvalue weighted by atomic mass is 16.5. The van der Waals surface area contributed by atoms with Gasteiger partial charge in [0.15, 0.2) is 0 Å². The van der Waals surface area contributed by atoms with Gasteiger partial charge in [0.2, 0.25) is 29.5 Å². The number of methoxy groups -OCH3 is 4. The number of hydrogen-bond acceptors (Lipinski definition) is 17. The van der Waals surface area contributed by atoms with Crippen LogP contribution < -0.4 is 5.32 Å². The van der Waals surface area contributed by atoms with Crippen molar-refractivity contribution in [2.75, 3.05) is 133 Å². The standard InChI is InChI=1S/C58H90N12O12/c1-42(71)35-65(25-29-79-3)54(75)41-68(28-32-82-6)55(76)38-64(22-10-24-69-36-50(60-62-69)43-11-7-8-12-43)53(74)40-67(27-31-81-5)56(77)39-66(26-30-80-4)52(73)34-59-21-9-23-70-37-51(61-63-70)58(78)20-18-49-48-15-13-44-33-45(72)14-16-46(44)47(48)17-19-57(49,58)2/h14,16,33,36-37,43,47-49,59,72,78H,7-13,15,17-32,34-35,38-41H2,1-6H3. The molecule has 5 unspecified atom stereocenters. The Morgan fingerprint density at radius 1 is 0.659 bits per heavy atom. The number of phenolic OH excluding ortho intramolecular Hbond substituents is 1. The minimum atomic E-state index is -1.10. The van der Waals surface area contributed by atoms with Crippen LogP contribution in [0.4, 0.5) is 0 Å². The van der Waals surface area contributed by atoms with Crippen molar-refractivity contribution >= 4 is 35.3 Å². The van der Waals surface area contributed by atoms with E-state index in [0.29, 0.717) is 74.0 Å². The number of ether oxygens (including phenoxy) is 4. The van der Waals surface area contributed by atoms with Crippen LogP contribution in [0, 0.1) is 17.3 Å². The fourth-order valence-electron chi connectivity index (χ4n) is 13.1. The molecule has 0 radical (unpaired) electrons. The summed E-state index contributed by atoms with van der Waals surface area (Å²) in [6, 6.07) is 5.81. The first-order chi connectivity index (χ1) is 39.5. The zero-order valence-electron chi connectivity index (χ0n) is 49.3. The lowest BCUT2D eigenvalue weighted by Crippen LogP contribution is -2.52. The SMILES string of the molecule is COCCN(CC(C)=O)C(=O)CN(CCOC)C(=O)CN(CCCn1cc(C2CCCC2)nn1)C(=O)CN(CCOC)C(=O)CN(CCOC)C(=O)CNCCCn1cc(C2(O)CCC3C4CCc5cc(O)ccc5C4CCC32C)nn1. The molecule has 454 valence electrons. The van der Waals surface area contributed by atoms with Gasteiger partial charge in [0.05, 0.1) is 77.6 Å². The normalized spacial score (nSPS) is 21.1. The molecular weight excluding hydrogens is 1060 g/mol. The van der Waals surface area contributed by atoms with E-state index in [0.717, 1.165) is 63.5 Å². The molecule has 2 aromatic heterocycles. The molecule has 0 aliphatic heterocycles. The Labute approximate surface area is 482 Å². The van der Waals surface area contributed by atoms with E-state index in [2.05, 4.69) is 38.9 Å². The maximum atomic E-state index is 14.5. The van der Waals surface area contributed by atoms with E-state index < -0.39 is 42.3 Å². The van der Waals surface area contributed by atoms with Crippen molar-refractivity contribution in [3.8, 4) is 5.75 Å². The summed E-state index contributed by atoms with van der Waals surface area (Å²) in [5.41, 5.74) is 2.67. The van der Waals surface area contributed by atoms with E-state index >= 15 is 0 Å². The summed E-state index contributed by atoms with van der Waals surface area (Å²) in [5, 5.41) is 43.5. The largest absolute Gasteiger partial charge is 0.508 e. The van der Waals surface area contributed by atoms with Crippen LogP contribution in [-0.4, -0.2) is 233 Å². The molecule has 24 nitrogen and oxygen atoms in total. The minimum Gasteiger partial charge on any atom is -0.508 e. The Balaban J connectivity index is 0.950. The van der Waals surface area contributed by atoms with Crippen LogP contribution >= 0.6 is 0 Å². The number of aromatic hydroxyl groups is 1. The third kappa shape index (κ3) is 16.2. The summed E-state index contributed by atoms with van der Waals surface area (Å²) in [7, 11) is 5.94.